The van der Waals surface area contributed by atoms with E-state index in [1.165, 1.54) is 11.3 Å². The monoisotopic (exact) mass is 389 g/mol. The second kappa shape index (κ2) is 7.03. The quantitative estimate of drug-likeness (QED) is 0.778. The van der Waals surface area contributed by atoms with Crippen molar-refractivity contribution in [1.82, 2.24) is 25.0 Å². The number of aryl methyl sites for hydroxylation is 2. The van der Waals surface area contributed by atoms with E-state index in [2.05, 4.69) is 15.2 Å². The Hall–Kier alpha value is -2.29. The summed E-state index contributed by atoms with van der Waals surface area (Å²) in [5.41, 5.74) is 0.495. The number of fused-ring (bicyclic) bond motifs is 1. The Bertz CT molecular complexity index is 863. The summed E-state index contributed by atoms with van der Waals surface area (Å²) in [5.74, 6) is 1.20. The van der Waals surface area contributed by atoms with E-state index >= 15 is 0 Å². The second-order valence-corrected chi connectivity index (χ2v) is 8.44. The van der Waals surface area contributed by atoms with Crippen molar-refractivity contribution in [2.45, 2.75) is 32.6 Å². The maximum absolute atomic E-state index is 12.8. The van der Waals surface area contributed by atoms with Gasteiger partial charge in [0.25, 0.3) is 5.91 Å². The van der Waals surface area contributed by atoms with Gasteiger partial charge in [-0.3, -0.25) is 9.59 Å². The number of rotatable bonds is 2. The van der Waals surface area contributed by atoms with Crippen LogP contribution in [0, 0.1) is 25.7 Å². The third-order valence-electron chi connectivity index (χ3n) is 5.62. The summed E-state index contributed by atoms with van der Waals surface area (Å²) >= 11 is 1.48. The lowest BCUT2D eigenvalue weighted by molar-refractivity contribution is -0.141. The molecule has 4 rings (SSSR count). The van der Waals surface area contributed by atoms with Crippen LogP contribution in [0.4, 0.5) is 0 Å². The minimum Gasteiger partial charge on any atom is -0.425 e. The summed E-state index contributed by atoms with van der Waals surface area (Å²) in [7, 11) is 1.82. The third kappa shape index (κ3) is 3.36. The first kappa shape index (κ1) is 18.1. The van der Waals surface area contributed by atoms with Gasteiger partial charge in [-0.2, -0.15) is 0 Å². The Balaban J connectivity index is 1.57. The zero-order valence-electron chi connectivity index (χ0n) is 15.7. The highest BCUT2D eigenvalue weighted by Crippen LogP contribution is 2.41. The fourth-order valence-corrected chi connectivity index (χ4v) is 4.86. The van der Waals surface area contributed by atoms with E-state index in [9.17, 15) is 9.59 Å². The first-order valence-electron chi connectivity index (χ1n) is 9.20. The Morgan fingerprint density at radius 2 is 2.00 bits per heavy atom. The van der Waals surface area contributed by atoms with Gasteiger partial charge in [0.1, 0.15) is 5.69 Å². The average Bonchev–Trinajstić information content (AvgIpc) is 3.20. The highest BCUT2D eigenvalue weighted by Gasteiger charge is 2.45. The van der Waals surface area contributed by atoms with E-state index in [1.807, 2.05) is 18.9 Å². The van der Waals surface area contributed by atoms with Crippen LogP contribution in [0.2, 0.25) is 0 Å². The molecule has 9 heteroatoms. The molecule has 3 atom stereocenters. The fourth-order valence-electron chi connectivity index (χ4n) is 4.27. The number of carbonyl (C=O) groups excluding carboxylic acids is 2. The first-order chi connectivity index (χ1) is 12.9. The summed E-state index contributed by atoms with van der Waals surface area (Å²) in [6.45, 7) is 5.41. The van der Waals surface area contributed by atoms with Gasteiger partial charge in [-0.1, -0.05) is 0 Å². The predicted octanol–water partition coefficient (Wildman–Crippen LogP) is 1.87. The standard InChI is InChI=1S/C18H23N5O3S/c1-10-20-21-16(26-10)14-8-22(3)17(24)13-5-7-23(6-4-12(13)14)18(25)15-9-27-11(2)19-15/h9,12-14H,4-8H2,1-3H3/t12-,13+,14?/m1/s1. The van der Waals surface area contributed by atoms with Crippen LogP contribution in [-0.4, -0.2) is 63.5 Å². The van der Waals surface area contributed by atoms with Crippen LogP contribution in [-0.2, 0) is 4.79 Å². The normalized spacial score (nSPS) is 26.0. The lowest BCUT2D eigenvalue weighted by Gasteiger charge is -2.39. The summed E-state index contributed by atoms with van der Waals surface area (Å²) in [5, 5.41) is 10.9. The minimum atomic E-state index is -0.129. The van der Waals surface area contributed by atoms with Crippen LogP contribution in [0.5, 0.6) is 0 Å². The molecule has 0 spiro atoms. The second-order valence-electron chi connectivity index (χ2n) is 7.38. The number of carbonyl (C=O) groups is 2. The highest BCUT2D eigenvalue weighted by molar-refractivity contribution is 7.09. The van der Waals surface area contributed by atoms with Gasteiger partial charge in [0, 0.05) is 44.9 Å². The van der Waals surface area contributed by atoms with Crippen LogP contribution >= 0.6 is 11.3 Å². The molecule has 0 saturated carbocycles. The van der Waals surface area contributed by atoms with Gasteiger partial charge in [-0.05, 0) is 25.7 Å². The van der Waals surface area contributed by atoms with Gasteiger partial charge in [0.05, 0.1) is 10.9 Å². The number of amides is 2. The third-order valence-corrected chi connectivity index (χ3v) is 6.40. The molecule has 0 aromatic carbocycles. The molecular weight excluding hydrogens is 366 g/mol. The van der Waals surface area contributed by atoms with Gasteiger partial charge < -0.3 is 14.2 Å². The maximum atomic E-state index is 12.8. The summed E-state index contributed by atoms with van der Waals surface area (Å²) in [6, 6.07) is 0. The summed E-state index contributed by atoms with van der Waals surface area (Å²) in [6.07, 6.45) is 1.39. The zero-order chi connectivity index (χ0) is 19.1. The number of thiazole rings is 1. The SMILES string of the molecule is Cc1nnc(C2CN(C)C(=O)[C@H]3CCN(C(=O)c4csc(C)n4)CC[C@@H]23)o1. The molecule has 0 bridgehead atoms. The van der Waals surface area contributed by atoms with Crippen LogP contribution in [0.1, 0.15) is 46.0 Å². The largest absolute Gasteiger partial charge is 0.425 e. The molecule has 144 valence electrons. The van der Waals surface area contributed by atoms with E-state index in [4.69, 9.17) is 4.42 Å². The number of likely N-dealkylation sites (N-methyl/N-ethyl adjacent to an activating group) is 1. The smallest absolute Gasteiger partial charge is 0.273 e. The molecule has 2 fully saturated rings. The van der Waals surface area contributed by atoms with Crippen LogP contribution in [0.25, 0.3) is 0 Å². The zero-order valence-corrected chi connectivity index (χ0v) is 16.5. The van der Waals surface area contributed by atoms with Crippen molar-refractivity contribution < 1.29 is 14.0 Å². The lowest BCUT2D eigenvalue weighted by Crippen LogP contribution is -2.47. The van der Waals surface area contributed by atoms with Crippen molar-refractivity contribution in [3.05, 3.63) is 27.9 Å². The highest BCUT2D eigenvalue weighted by atomic mass is 32.1. The number of aromatic nitrogens is 3. The molecule has 0 radical (unpaired) electrons. The van der Waals surface area contributed by atoms with E-state index in [-0.39, 0.29) is 29.6 Å². The van der Waals surface area contributed by atoms with Gasteiger partial charge in [-0.15, -0.1) is 21.5 Å². The molecule has 2 aromatic heterocycles. The average molecular weight is 389 g/mol. The molecule has 27 heavy (non-hydrogen) atoms. The molecule has 2 aliphatic heterocycles. The number of piperidine rings is 1. The Labute approximate surface area is 161 Å². The topological polar surface area (TPSA) is 92.4 Å². The van der Waals surface area contributed by atoms with Crippen molar-refractivity contribution >= 4 is 23.2 Å². The Kier molecular flexibility index (Phi) is 4.71. The molecule has 2 aromatic rings. The lowest BCUT2D eigenvalue weighted by atomic mass is 9.74. The molecular formula is C18H23N5O3S. The van der Waals surface area contributed by atoms with Gasteiger partial charge >= 0.3 is 0 Å². The molecule has 0 aliphatic carbocycles. The maximum Gasteiger partial charge on any atom is 0.273 e. The molecule has 2 saturated heterocycles. The van der Waals surface area contributed by atoms with Crippen molar-refractivity contribution in [1.29, 1.82) is 0 Å². The van der Waals surface area contributed by atoms with E-state index in [0.717, 1.165) is 11.4 Å². The van der Waals surface area contributed by atoms with Crippen LogP contribution in [0.15, 0.2) is 9.80 Å². The number of likely N-dealkylation sites (tertiary alicyclic amines) is 2. The van der Waals surface area contributed by atoms with Gasteiger partial charge in [-0.25, -0.2) is 4.98 Å². The van der Waals surface area contributed by atoms with E-state index in [1.54, 1.807) is 17.2 Å². The molecule has 8 nitrogen and oxygen atoms in total. The minimum absolute atomic E-state index is 0.00969. The first-order valence-corrected chi connectivity index (χ1v) is 10.1. The molecule has 2 amide bonds. The van der Waals surface area contributed by atoms with E-state index < -0.39 is 0 Å². The van der Waals surface area contributed by atoms with Crippen molar-refractivity contribution in [3.8, 4) is 0 Å². The molecule has 0 N–H and O–H groups in total. The van der Waals surface area contributed by atoms with Crippen molar-refractivity contribution in [2.75, 3.05) is 26.7 Å². The molecule has 4 heterocycles. The number of hydrogen-bond acceptors (Lipinski definition) is 7. The summed E-state index contributed by atoms with van der Waals surface area (Å²) in [4.78, 5) is 33.5. The Morgan fingerprint density at radius 3 is 2.67 bits per heavy atom. The number of hydrogen-bond donors (Lipinski definition) is 0. The Morgan fingerprint density at radius 1 is 1.22 bits per heavy atom. The van der Waals surface area contributed by atoms with Crippen LogP contribution in [0.3, 0.4) is 0 Å². The van der Waals surface area contributed by atoms with Crippen molar-refractivity contribution in [2.24, 2.45) is 11.8 Å². The summed E-state index contributed by atoms with van der Waals surface area (Å²) < 4.78 is 5.69. The van der Waals surface area contributed by atoms with Gasteiger partial charge in [0.2, 0.25) is 17.7 Å². The fraction of sp³-hybridized carbons (Fsp3) is 0.611. The van der Waals surface area contributed by atoms with Gasteiger partial charge in [0.15, 0.2) is 0 Å². The van der Waals surface area contributed by atoms with Crippen molar-refractivity contribution in [3.63, 3.8) is 0 Å². The molecule has 2 aliphatic rings. The number of nitrogens with zero attached hydrogens (tertiary/aromatic N) is 5. The van der Waals surface area contributed by atoms with Crippen LogP contribution < -0.4 is 0 Å². The van der Waals surface area contributed by atoms with E-state index in [0.29, 0.717) is 43.5 Å². The predicted molar refractivity (Wildman–Crippen MR) is 98.4 cm³/mol. The molecule has 1 unspecified atom stereocenters.